The predicted octanol–water partition coefficient (Wildman–Crippen LogP) is 2.43. The number of ether oxygens (including phenoxy) is 1. The summed E-state index contributed by atoms with van der Waals surface area (Å²) < 4.78 is 5.55. The van der Waals surface area contributed by atoms with Crippen LogP contribution in [-0.2, 0) is 9.53 Å². The van der Waals surface area contributed by atoms with Crippen LogP contribution in [-0.4, -0.2) is 38.8 Å². The molecule has 0 spiro atoms. The minimum Gasteiger partial charge on any atom is -0.370 e. The highest BCUT2D eigenvalue weighted by Gasteiger charge is 2.51. The molecule has 1 aliphatic heterocycles. The van der Waals surface area contributed by atoms with Gasteiger partial charge in [0.05, 0.1) is 24.6 Å². The molecule has 4 saturated carbocycles. The van der Waals surface area contributed by atoms with E-state index >= 15 is 0 Å². The molecule has 2 heterocycles. The molecular formula is C22H33N2O2S+. The second-order valence-corrected chi connectivity index (χ2v) is 10.7. The number of hydrogen-bond donors (Lipinski definition) is 2. The van der Waals surface area contributed by atoms with Gasteiger partial charge < -0.3 is 15.0 Å². The predicted molar refractivity (Wildman–Crippen MR) is 107 cm³/mol. The van der Waals surface area contributed by atoms with Crippen molar-refractivity contribution in [1.29, 1.82) is 0 Å². The molecule has 4 bridgehead atoms. The lowest BCUT2D eigenvalue weighted by Gasteiger charge is -2.56. The van der Waals surface area contributed by atoms with Gasteiger partial charge in [-0.15, -0.1) is 11.3 Å². The Morgan fingerprint density at radius 1 is 1.19 bits per heavy atom. The van der Waals surface area contributed by atoms with E-state index in [1.165, 1.54) is 43.4 Å². The van der Waals surface area contributed by atoms with Gasteiger partial charge in [0, 0.05) is 6.42 Å². The first-order valence-electron chi connectivity index (χ1n) is 10.9. The molecule has 148 valence electrons. The van der Waals surface area contributed by atoms with Crippen molar-refractivity contribution in [2.24, 2.45) is 23.2 Å². The first kappa shape index (κ1) is 18.1. The van der Waals surface area contributed by atoms with Gasteiger partial charge in [-0.05, 0) is 73.1 Å². The van der Waals surface area contributed by atoms with Crippen LogP contribution in [0.2, 0.25) is 0 Å². The van der Waals surface area contributed by atoms with Crippen molar-refractivity contribution in [2.75, 3.05) is 32.8 Å². The molecule has 1 amide bonds. The van der Waals surface area contributed by atoms with Gasteiger partial charge in [0.25, 0.3) is 0 Å². The maximum Gasteiger partial charge on any atom is 0.220 e. The van der Waals surface area contributed by atoms with E-state index in [9.17, 15) is 4.79 Å². The van der Waals surface area contributed by atoms with Crippen LogP contribution in [0.5, 0.6) is 0 Å². The summed E-state index contributed by atoms with van der Waals surface area (Å²) in [5, 5.41) is 5.50. The van der Waals surface area contributed by atoms with Gasteiger partial charge in [0.15, 0.2) is 0 Å². The van der Waals surface area contributed by atoms with E-state index in [-0.39, 0.29) is 0 Å². The average molecular weight is 390 g/mol. The summed E-state index contributed by atoms with van der Waals surface area (Å²) in [4.78, 5) is 15.9. The molecule has 1 aromatic rings. The van der Waals surface area contributed by atoms with Crippen LogP contribution < -0.4 is 10.2 Å². The topological polar surface area (TPSA) is 42.8 Å². The van der Waals surface area contributed by atoms with Crippen molar-refractivity contribution in [2.45, 2.75) is 51.0 Å². The summed E-state index contributed by atoms with van der Waals surface area (Å²) in [7, 11) is 0. The fourth-order valence-corrected chi connectivity index (χ4v) is 7.93. The van der Waals surface area contributed by atoms with Crippen LogP contribution in [0.3, 0.4) is 0 Å². The maximum atomic E-state index is 12.9. The highest BCUT2D eigenvalue weighted by atomic mass is 32.1. The fourth-order valence-electron chi connectivity index (χ4n) is 7.04. The van der Waals surface area contributed by atoms with Crippen LogP contribution in [0.4, 0.5) is 0 Å². The standard InChI is InChI=1S/C22H32N2O2S/c25-21(14-22-11-16-8-17(12-22)10-18(9-16)13-22)23-15-19(20-2-1-7-27-20)24-3-5-26-6-4-24/h1-2,7,16-19H,3-6,8-15H2,(H,23,25)/p+1/t16?,17?,18?,19-,22?/m1/s1. The molecule has 5 aliphatic rings. The van der Waals surface area contributed by atoms with Gasteiger partial charge in [0.1, 0.15) is 19.1 Å². The second-order valence-electron chi connectivity index (χ2n) is 9.74. The molecule has 5 fully saturated rings. The number of thiophene rings is 1. The minimum absolute atomic E-state index is 0.297. The number of rotatable bonds is 6. The fraction of sp³-hybridized carbons (Fsp3) is 0.773. The third-order valence-electron chi connectivity index (χ3n) is 7.72. The summed E-state index contributed by atoms with van der Waals surface area (Å²) in [6.07, 6.45) is 9.05. The molecule has 0 unspecified atom stereocenters. The Balaban J connectivity index is 1.21. The zero-order valence-electron chi connectivity index (χ0n) is 16.3. The van der Waals surface area contributed by atoms with E-state index in [1.54, 1.807) is 4.90 Å². The number of amides is 1. The Kier molecular flexibility index (Phi) is 5.03. The van der Waals surface area contributed by atoms with E-state index in [1.807, 2.05) is 11.3 Å². The Morgan fingerprint density at radius 3 is 2.44 bits per heavy atom. The van der Waals surface area contributed by atoms with Gasteiger partial charge >= 0.3 is 0 Å². The lowest BCUT2D eigenvalue weighted by molar-refractivity contribution is -0.937. The van der Waals surface area contributed by atoms with Crippen LogP contribution in [0.15, 0.2) is 17.5 Å². The number of morpholine rings is 1. The lowest BCUT2D eigenvalue weighted by atomic mass is 9.49. The number of carbonyl (C=O) groups excluding carboxylic acids is 1. The molecule has 1 saturated heterocycles. The van der Waals surface area contributed by atoms with E-state index in [2.05, 4.69) is 22.8 Å². The van der Waals surface area contributed by atoms with Gasteiger partial charge in [-0.25, -0.2) is 0 Å². The van der Waals surface area contributed by atoms with E-state index in [4.69, 9.17) is 4.74 Å². The van der Waals surface area contributed by atoms with Gasteiger partial charge in [0.2, 0.25) is 5.91 Å². The Hall–Kier alpha value is -0.910. The first-order chi connectivity index (χ1) is 13.2. The van der Waals surface area contributed by atoms with E-state index in [0.29, 0.717) is 17.4 Å². The van der Waals surface area contributed by atoms with Crippen molar-refractivity contribution in [1.82, 2.24) is 5.32 Å². The third-order valence-corrected chi connectivity index (χ3v) is 8.70. The summed E-state index contributed by atoms with van der Waals surface area (Å²) >= 11 is 1.82. The van der Waals surface area contributed by atoms with Gasteiger partial charge in [-0.2, -0.15) is 0 Å². The monoisotopic (exact) mass is 389 g/mol. The first-order valence-corrected chi connectivity index (χ1v) is 11.8. The lowest BCUT2D eigenvalue weighted by Crippen LogP contribution is -3.15. The smallest absolute Gasteiger partial charge is 0.220 e. The highest BCUT2D eigenvalue weighted by Crippen LogP contribution is 2.61. The largest absolute Gasteiger partial charge is 0.370 e. The van der Waals surface area contributed by atoms with Gasteiger partial charge in [-0.3, -0.25) is 4.79 Å². The van der Waals surface area contributed by atoms with Crippen LogP contribution in [0.25, 0.3) is 0 Å². The summed E-state index contributed by atoms with van der Waals surface area (Å²) in [6, 6.07) is 4.72. The summed E-state index contributed by atoms with van der Waals surface area (Å²) in [6.45, 7) is 4.50. The molecule has 1 atom stereocenters. The zero-order valence-corrected chi connectivity index (χ0v) is 17.1. The van der Waals surface area contributed by atoms with Crippen molar-refractivity contribution < 1.29 is 14.4 Å². The Bertz CT molecular complexity index is 618. The highest BCUT2D eigenvalue weighted by molar-refractivity contribution is 7.10. The Labute approximate surface area is 166 Å². The molecule has 4 aliphatic carbocycles. The van der Waals surface area contributed by atoms with E-state index in [0.717, 1.165) is 57.0 Å². The average Bonchev–Trinajstić information content (AvgIpc) is 3.15. The van der Waals surface area contributed by atoms with Crippen molar-refractivity contribution >= 4 is 17.2 Å². The number of quaternary nitrogens is 1. The van der Waals surface area contributed by atoms with Crippen molar-refractivity contribution in [3.8, 4) is 0 Å². The number of nitrogens with one attached hydrogen (secondary N) is 2. The molecular weight excluding hydrogens is 356 g/mol. The maximum absolute atomic E-state index is 12.9. The molecule has 5 heteroatoms. The molecule has 27 heavy (non-hydrogen) atoms. The number of carbonyl (C=O) groups is 1. The van der Waals surface area contributed by atoms with Crippen molar-refractivity contribution in [3.05, 3.63) is 22.4 Å². The molecule has 1 aromatic heterocycles. The van der Waals surface area contributed by atoms with Crippen LogP contribution >= 0.6 is 11.3 Å². The zero-order chi connectivity index (χ0) is 18.3. The Morgan fingerprint density at radius 2 is 1.85 bits per heavy atom. The number of hydrogen-bond acceptors (Lipinski definition) is 3. The summed E-state index contributed by atoms with van der Waals surface area (Å²) in [5.74, 6) is 3.05. The molecule has 2 N–H and O–H groups in total. The second kappa shape index (κ2) is 7.49. The summed E-state index contributed by atoms with van der Waals surface area (Å²) in [5.41, 5.74) is 0.336. The van der Waals surface area contributed by atoms with Crippen LogP contribution in [0, 0.1) is 23.2 Å². The van der Waals surface area contributed by atoms with Crippen molar-refractivity contribution in [3.63, 3.8) is 0 Å². The van der Waals surface area contributed by atoms with Crippen LogP contribution in [0.1, 0.15) is 55.9 Å². The normalized spacial score (nSPS) is 36.7. The molecule has 0 aromatic carbocycles. The quantitative estimate of drug-likeness (QED) is 0.785. The minimum atomic E-state index is 0.297. The van der Waals surface area contributed by atoms with E-state index < -0.39 is 0 Å². The molecule has 6 rings (SSSR count). The van der Waals surface area contributed by atoms with Gasteiger partial charge in [-0.1, -0.05) is 6.07 Å². The molecule has 4 nitrogen and oxygen atoms in total. The third kappa shape index (κ3) is 3.83. The molecule has 0 radical (unpaired) electrons. The SMILES string of the molecule is O=C(CC12CC3CC(CC(C3)C1)C2)NC[C@H](c1cccs1)[NH+]1CCOCC1.